The highest BCUT2D eigenvalue weighted by molar-refractivity contribution is 5.87. The third-order valence-electron chi connectivity index (χ3n) is 2.86. The Morgan fingerprint density at radius 1 is 1.27 bits per heavy atom. The van der Waals surface area contributed by atoms with E-state index in [1.165, 1.54) is 0 Å². The van der Waals surface area contributed by atoms with E-state index in [2.05, 4.69) is 25.3 Å². The Hall–Kier alpha value is -3.07. The van der Waals surface area contributed by atoms with Crippen LogP contribution in [0.2, 0.25) is 0 Å². The van der Waals surface area contributed by atoms with Crippen LogP contribution >= 0.6 is 0 Å². The molecule has 22 heavy (non-hydrogen) atoms. The molecule has 0 aliphatic heterocycles. The summed E-state index contributed by atoms with van der Waals surface area (Å²) in [6.45, 7) is 1.59. The van der Waals surface area contributed by atoms with Crippen LogP contribution in [0.1, 0.15) is 18.9 Å². The van der Waals surface area contributed by atoms with Gasteiger partial charge in [0.25, 0.3) is 0 Å². The maximum atomic E-state index is 10.8. The smallest absolute Gasteiger partial charge is 0.320 e. The second-order valence-electron chi connectivity index (χ2n) is 4.56. The van der Waals surface area contributed by atoms with Gasteiger partial charge >= 0.3 is 12.0 Å². The highest BCUT2D eigenvalue weighted by Crippen LogP contribution is 2.23. The molecule has 0 aliphatic rings. The van der Waals surface area contributed by atoms with Crippen molar-refractivity contribution >= 4 is 23.3 Å². The fourth-order valence-electron chi connectivity index (χ4n) is 1.84. The van der Waals surface area contributed by atoms with Crippen molar-refractivity contribution in [3.05, 3.63) is 30.5 Å². The van der Waals surface area contributed by atoms with Crippen LogP contribution in [-0.4, -0.2) is 31.1 Å². The van der Waals surface area contributed by atoms with Gasteiger partial charge in [0.2, 0.25) is 5.71 Å². The van der Waals surface area contributed by atoms with Crippen molar-refractivity contribution < 1.29 is 14.3 Å². The van der Waals surface area contributed by atoms with Gasteiger partial charge in [0.1, 0.15) is 11.6 Å². The molecule has 0 saturated heterocycles. The van der Waals surface area contributed by atoms with Crippen LogP contribution < -0.4 is 11.1 Å². The molecule has 3 heterocycles. The van der Waals surface area contributed by atoms with Crippen molar-refractivity contribution in [3.8, 4) is 11.1 Å². The van der Waals surface area contributed by atoms with Crippen molar-refractivity contribution in [3.63, 3.8) is 0 Å². The van der Waals surface area contributed by atoms with Crippen LogP contribution in [0.4, 0.5) is 10.8 Å². The number of primary amides is 1. The summed E-state index contributed by atoms with van der Waals surface area (Å²) in [4.78, 5) is 27.1. The normalized spacial score (nSPS) is 12.3. The first-order chi connectivity index (χ1) is 10.5. The van der Waals surface area contributed by atoms with Gasteiger partial charge in [-0.25, -0.2) is 19.7 Å². The van der Waals surface area contributed by atoms with Gasteiger partial charge in [0.05, 0.1) is 0 Å². The molecule has 9 heteroatoms. The molecular weight excluding hydrogens is 288 g/mol. The van der Waals surface area contributed by atoms with Crippen LogP contribution in [-0.2, 0) is 0 Å². The van der Waals surface area contributed by atoms with Gasteiger partial charge in [0, 0.05) is 29.7 Å². The molecular formula is C13H12N6O3. The van der Waals surface area contributed by atoms with Gasteiger partial charge in [-0.2, -0.15) is 4.98 Å². The lowest BCUT2D eigenvalue weighted by molar-refractivity contribution is 0.189. The van der Waals surface area contributed by atoms with E-state index in [0.717, 1.165) is 5.56 Å². The molecule has 0 spiro atoms. The lowest BCUT2D eigenvalue weighted by Gasteiger charge is -2.04. The average Bonchev–Trinajstić information content (AvgIpc) is 2.87. The first kappa shape index (κ1) is 13.9. The Labute approximate surface area is 124 Å². The van der Waals surface area contributed by atoms with Crippen LogP contribution in [0.15, 0.2) is 29.1 Å². The summed E-state index contributed by atoms with van der Waals surface area (Å²) in [5.41, 5.74) is 7.17. The molecule has 3 aromatic rings. The molecule has 3 aromatic heterocycles. The van der Waals surface area contributed by atoms with E-state index in [1.54, 1.807) is 31.6 Å². The number of hydrogen-bond donors (Lipinski definition) is 3. The highest BCUT2D eigenvalue weighted by Gasteiger charge is 2.11. The number of aliphatic hydroxyl groups is 1. The third-order valence-corrected chi connectivity index (χ3v) is 2.86. The molecule has 0 aliphatic carbocycles. The van der Waals surface area contributed by atoms with Gasteiger partial charge in [-0.1, -0.05) is 0 Å². The first-order valence-corrected chi connectivity index (χ1v) is 6.36. The summed E-state index contributed by atoms with van der Waals surface area (Å²) in [6.07, 6.45) is 4.01. The Kier molecular flexibility index (Phi) is 3.39. The standard InChI is InChI=1S/C13H12N6O3/c1-6(20)10-15-4-8(5-16-10)7-2-9-11(17-3-7)22-13(18-9)19-12(14)21/h2-6,20H,1H3,(H3,14,18,19,21). The Balaban J connectivity index is 1.95. The average molecular weight is 300 g/mol. The SMILES string of the molecule is CC(O)c1ncc(-c2cnc3oc(NC(N)=O)nc3c2)cn1. The number of urea groups is 1. The molecule has 1 atom stereocenters. The number of carbonyl (C=O) groups excluding carboxylic acids is 1. The quantitative estimate of drug-likeness (QED) is 0.660. The van der Waals surface area contributed by atoms with E-state index in [-0.39, 0.29) is 11.7 Å². The molecule has 0 aromatic carbocycles. The number of oxazole rings is 1. The number of nitrogens with one attached hydrogen (secondary N) is 1. The predicted octanol–water partition coefficient (Wildman–Crippen LogP) is 1.22. The monoisotopic (exact) mass is 300 g/mol. The molecule has 0 fully saturated rings. The maximum Gasteiger partial charge on any atom is 0.320 e. The van der Waals surface area contributed by atoms with Gasteiger partial charge in [-0.15, -0.1) is 0 Å². The Morgan fingerprint density at radius 2 is 1.95 bits per heavy atom. The number of nitrogens with two attached hydrogens (primary N) is 1. The number of rotatable bonds is 3. The lowest BCUT2D eigenvalue weighted by Crippen LogP contribution is -2.19. The number of aliphatic hydroxyl groups excluding tert-OH is 1. The van der Waals surface area contributed by atoms with E-state index >= 15 is 0 Å². The fraction of sp³-hybridized carbons (Fsp3) is 0.154. The van der Waals surface area contributed by atoms with E-state index in [9.17, 15) is 9.90 Å². The van der Waals surface area contributed by atoms with Crippen molar-refractivity contribution in [1.29, 1.82) is 0 Å². The summed E-state index contributed by atoms with van der Waals surface area (Å²) in [5, 5.41) is 11.6. The van der Waals surface area contributed by atoms with Crippen LogP contribution in [0, 0.1) is 0 Å². The number of aromatic nitrogens is 4. The Morgan fingerprint density at radius 3 is 2.59 bits per heavy atom. The molecule has 1 unspecified atom stereocenters. The summed E-state index contributed by atoms with van der Waals surface area (Å²) >= 11 is 0. The molecule has 4 N–H and O–H groups in total. The highest BCUT2D eigenvalue weighted by atomic mass is 16.4. The minimum absolute atomic E-state index is 0.0205. The number of hydrogen-bond acceptors (Lipinski definition) is 7. The molecule has 2 amide bonds. The van der Waals surface area contributed by atoms with Gasteiger partial charge < -0.3 is 15.3 Å². The third kappa shape index (κ3) is 2.69. The number of nitrogens with zero attached hydrogens (tertiary/aromatic N) is 4. The predicted molar refractivity (Wildman–Crippen MR) is 76.7 cm³/mol. The second-order valence-corrected chi connectivity index (χ2v) is 4.56. The summed E-state index contributed by atoms with van der Waals surface area (Å²) in [6, 6.07) is 0.931. The number of anilines is 1. The van der Waals surface area contributed by atoms with Crippen molar-refractivity contribution in [2.75, 3.05) is 5.32 Å². The number of amides is 2. The fourth-order valence-corrected chi connectivity index (χ4v) is 1.84. The van der Waals surface area contributed by atoms with Crippen molar-refractivity contribution in [2.24, 2.45) is 5.73 Å². The van der Waals surface area contributed by atoms with Crippen LogP contribution in [0.25, 0.3) is 22.4 Å². The minimum atomic E-state index is -0.770. The van der Waals surface area contributed by atoms with E-state index in [0.29, 0.717) is 16.9 Å². The summed E-state index contributed by atoms with van der Waals surface area (Å²) < 4.78 is 5.22. The molecule has 9 nitrogen and oxygen atoms in total. The van der Waals surface area contributed by atoms with Crippen LogP contribution in [0.5, 0.6) is 0 Å². The lowest BCUT2D eigenvalue weighted by atomic mass is 10.1. The minimum Gasteiger partial charge on any atom is -0.404 e. The zero-order valence-corrected chi connectivity index (χ0v) is 11.5. The number of fused-ring (bicyclic) bond motifs is 1. The molecule has 0 bridgehead atoms. The summed E-state index contributed by atoms with van der Waals surface area (Å²) in [7, 11) is 0. The van der Waals surface area contributed by atoms with E-state index in [4.69, 9.17) is 10.2 Å². The molecule has 0 radical (unpaired) electrons. The van der Waals surface area contributed by atoms with Gasteiger partial charge in [0.15, 0.2) is 5.82 Å². The van der Waals surface area contributed by atoms with E-state index in [1.807, 2.05) is 0 Å². The first-order valence-electron chi connectivity index (χ1n) is 6.36. The zero-order chi connectivity index (χ0) is 15.7. The molecule has 0 saturated carbocycles. The van der Waals surface area contributed by atoms with E-state index < -0.39 is 12.1 Å². The number of pyridine rings is 1. The molecule has 112 valence electrons. The topological polar surface area (TPSA) is 140 Å². The van der Waals surface area contributed by atoms with Crippen molar-refractivity contribution in [2.45, 2.75) is 13.0 Å². The zero-order valence-electron chi connectivity index (χ0n) is 11.5. The Bertz CT molecular complexity index is 827. The second kappa shape index (κ2) is 5.37. The van der Waals surface area contributed by atoms with Gasteiger partial charge in [-0.05, 0) is 13.0 Å². The summed E-state index contributed by atoms with van der Waals surface area (Å²) in [5.74, 6) is 0.340. The number of carbonyl (C=O) groups is 1. The van der Waals surface area contributed by atoms with Gasteiger partial charge in [-0.3, -0.25) is 5.32 Å². The van der Waals surface area contributed by atoms with Crippen molar-refractivity contribution in [1.82, 2.24) is 19.9 Å². The maximum absolute atomic E-state index is 10.8. The van der Waals surface area contributed by atoms with Crippen LogP contribution in [0.3, 0.4) is 0 Å². The molecule has 3 rings (SSSR count). The largest absolute Gasteiger partial charge is 0.404 e.